The van der Waals surface area contributed by atoms with Gasteiger partial charge in [0, 0.05) is 23.7 Å². The van der Waals surface area contributed by atoms with E-state index >= 15 is 0 Å². The van der Waals surface area contributed by atoms with Crippen LogP contribution in [0.15, 0.2) is 51.9 Å². The Morgan fingerprint density at radius 2 is 1.82 bits per heavy atom. The summed E-state index contributed by atoms with van der Waals surface area (Å²) in [5.41, 5.74) is 2.67. The number of hydrogen-bond donors (Lipinski definition) is 1. The molecule has 0 aliphatic heterocycles. The van der Waals surface area contributed by atoms with Gasteiger partial charge in [-0.2, -0.15) is 0 Å². The van der Waals surface area contributed by atoms with Gasteiger partial charge in [-0.25, -0.2) is 13.1 Å². The highest BCUT2D eigenvalue weighted by atomic mass is 32.2. The Kier molecular flexibility index (Phi) is 5.71. The third-order valence-electron chi connectivity index (χ3n) is 4.33. The van der Waals surface area contributed by atoms with Crippen LogP contribution in [0.4, 0.5) is 0 Å². The minimum Gasteiger partial charge on any atom is -0.497 e. The van der Waals surface area contributed by atoms with Crippen LogP contribution in [0.25, 0.3) is 11.3 Å². The fraction of sp³-hybridized carbons (Fsp3) is 0.250. The molecule has 0 unspecified atom stereocenters. The Hall–Kier alpha value is -2.84. The molecule has 0 spiro atoms. The number of hydrogen-bond acceptors (Lipinski definition) is 6. The van der Waals surface area contributed by atoms with E-state index in [0.717, 1.165) is 5.69 Å². The number of nitrogens with zero attached hydrogens (tertiary/aromatic N) is 1. The topological polar surface area (TPSA) is 90.7 Å². The van der Waals surface area contributed by atoms with Crippen LogP contribution in [0.2, 0.25) is 0 Å². The molecule has 2 aromatic carbocycles. The predicted octanol–water partition coefficient (Wildman–Crippen LogP) is 3.45. The second-order valence-electron chi connectivity index (χ2n) is 6.32. The standard InChI is InChI=1S/C20H22N2O5S/c1-13-5-6-15(19-9-14(2)22-27-19)11-20(13)28(23,24)21-12-16-10-17(25-3)7-8-18(16)26-4/h5-11,21H,12H2,1-4H3. The Balaban J connectivity index is 1.89. The molecule has 0 atom stereocenters. The van der Waals surface area contributed by atoms with Crippen molar-refractivity contribution in [3.05, 3.63) is 59.3 Å². The molecule has 0 saturated heterocycles. The van der Waals surface area contributed by atoms with E-state index in [9.17, 15) is 8.42 Å². The van der Waals surface area contributed by atoms with Gasteiger partial charge < -0.3 is 14.0 Å². The molecule has 148 valence electrons. The zero-order chi connectivity index (χ0) is 20.3. The second-order valence-corrected chi connectivity index (χ2v) is 8.05. The zero-order valence-corrected chi connectivity index (χ0v) is 17.0. The molecule has 1 N–H and O–H groups in total. The summed E-state index contributed by atoms with van der Waals surface area (Å²) in [5, 5.41) is 3.85. The van der Waals surface area contributed by atoms with Crippen molar-refractivity contribution in [3.8, 4) is 22.8 Å². The summed E-state index contributed by atoms with van der Waals surface area (Å²) in [6, 6.07) is 12.1. The molecule has 0 aliphatic carbocycles. The molecule has 3 rings (SSSR count). The molecule has 28 heavy (non-hydrogen) atoms. The van der Waals surface area contributed by atoms with Gasteiger partial charge in [0.25, 0.3) is 0 Å². The molecule has 7 nitrogen and oxygen atoms in total. The molecule has 8 heteroatoms. The van der Waals surface area contributed by atoms with Crippen molar-refractivity contribution in [3.63, 3.8) is 0 Å². The van der Waals surface area contributed by atoms with E-state index in [1.165, 1.54) is 7.11 Å². The van der Waals surface area contributed by atoms with Gasteiger partial charge >= 0.3 is 0 Å². The minimum atomic E-state index is -3.77. The first-order valence-electron chi connectivity index (χ1n) is 8.59. The summed E-state index contributed by atoms with van der Waals surface area (Å²) in [4.78, 5) is 0.181. The molecule has 0 fully saturated rings. The first-order chi connectivity index (χ1) is 13.3. The smallest absolute Gasteiger partial charge is 0.241 e. The van der Waals surface area contributed by atoms with Crippen LogP contribution in [0.1, 0.15) is 16.8 Å². The van der Waals surface area contributed by atoms with Crippen LogP contribution < -0.4 is 14.2 Å². The number of methoxy groups -OCH3 is 2. The third kappa shape index (κ3) is 4.18. The summed E-state index contributed by atoms with van der Waals surface area (Å²) in [7, 11) is -0.680. The fourth-order valence-corrected chi connectivity index (χ4v) is 4.09. The Morgan fingerprint density at radius 1 is 1.04 bits per heavy atom. The van der Waals surface area contributed by atoms with Gasteiger partial charge in [-0.05, 0) is 43.7 Å². The summed E-state index contributed by atoms with van der Waals surface area (Å²) in [5.74, 6) is 1.71. The second kappa shape index (κ2) is 8.04. The molecule has 0 amide bonds. The van der Waals surface area contributed by atoms with E-state index in [4.69, 9.17) is 14.0 Å². The number of rotatable bonds is 7. The average molecular weight is 402 g/mol. The minimum absolute atomic E-state index is 0.0633. The third-order valence-corrected chi connectivity index (χ3v) is 5.87. The van der Waals surface area contributed by atoms with E-state index in [0.29, 0.717) is 33.9 Å². The molecule has 1 aromatic heterocycles. The van der Waals surface area contributed by atoms with Crippen LogP contribution in [0.5, 0.6) is 11.5 Å². The van der Waals surface area contributed by atoms with Gasteiger partial charge in [-0.1, -0.05) is 17.3 Å². The number of aryl methyl sites for hydroxylation is 2. The van der Waals surface area contributed by atoms with Gasteiger partial charge in [-0.15, -0.1) is 0 Å². The van der Waals surface area contributed by atoms with Gasteiger partial charge in [0.1, 0.15) is 11.5 Å². The maximum absolute atomic E-state index is 12.9. The fourth-order valence-electron chi connectivity index (χ4n) is 2.81. The van der Waals surface area contributed by atoms with Crippen molar-refractivity contribution >= 4 is 10.0 Å². The van der Waals surface area contributed by atoms with Crippen LogP contribution in [-0.4, -0.2) is 27.8 Å². The molecular weight excluding hydrogens is 380 g/mol. The van der Waals surface area contributed by atoms with Crippen molar-refractivity contribution in [1.82, 2.24) is 9.88 Å². The van der Waals surface area contributed by atoms with Gasteiger partial charge in [0.2, 0.25) is 10.0 Å². The molecule has 0 aliphatic rings. The maximum Gasteiger partial charge on any atom is 0.241 e. The first-order valence-corrected chi connectivity index (χ1v) is 10.1. The van der Waals surface area contributed by atoms with Crippen LogP contribution >= 0.6 is 0 Å². The summed E-state index contributed by atoms with van der Waals surface area (Å²) >= 11 is 0. The number of ether oxygens (including phenoxy) is 2. The highest BCUT2D eigenvalue weighted by Gasteiger charge is 2.19. The van der Waals surface area contributed by atoms with Gasteiger partial charge in [-0.3, -0.25) is 0 Å². The van der Waals surface area contributed by atoms with Crippen molar-refractivity contribution in [2.45, 2.75) is 25.3 Å². The van der Waals surface area contributed by atoms with Crippen LogP contribution in [0, 0.1) is 13.8 Å². The van der Waals surface area contributed by atoms with Crippen molar-refractivity contribution in [2.24, 2.45) is 0 Å². The number of nitrogens with one attached hydrogen (secondary N) is 1. The van der Waals surface area contributed by atoms with E-state index in [1.54, 1.807) is 56.5 Å². The SMILES string of the molecule is COc1ccc(OC)c(CNS(=O)(=O)c2cc(-c3cc(C)no3)ccc2C)c1. The number of benzene rings is 2. The van der Waals surface area contributed by atoms with Crippen molar-refractivity contribution in [1.29, 1.82) is 0 Å². The Bertz CT molecular complexity index is 1090. The van der Waals surface area contributed by atoms with Crippen molar-refractivity contribution < 1.29 is 22.4 Å². The molecule has 1 heterocycles. The molecule has 0 radical (unpaired) electrons. The summed E-state index contributed by atoms with van der Waals surface area (Å²) in [6.07, 6.45) is 0. The van der Waals surface area contributed by atoms with Gasteiger partial charge in [0.15, 0.2) is 5.76 Å². The van der Waals surface area contributed by atoms with Crippen LogP contribution in [0.3, 0.4) is 0 Å². The Morgan fingerprint density at radius 3 is 2.46 bits per heavy atom. The average Bonchev–Trinajstić information content (AvgIpc) is 3.12. The largest absolute Gasteiger partial charge is 0.497 e. The lowest BCUT2D eigenvalue weighted by molar-refractivity contribution is 0.398. The molecular formula is C20H22N2O5S. The normalized spacial score (nSPS) is 11.4. The lowest BCUT2D eigenvalue weighted by atomic mass is 10.1. The summed E-state index contributed by atoms with van der Waals surface area (Å²) < 4.78 is 44.3. The predicted molar refractivity (Wildman–Crippen MR) is 105 cm³/mol. The number of aromatic nitrogens is 1. The van der Waals surface area contributed by atoms with E-state index in [1.807, 2.05) is 6.92 Å². The maximum atomic E-state index is 12.9. The Labute approximate surface area is 164 Å². The lowest BCUT2D eigenvalue weighted by Gasteiger charge is -2.13. The van der Waals surface area contributed by atoms with Crippen LogP contribution in [-0.2, 0) is 16.6 Å². The van der Waals surface area contributed by atoms with E-state index < -0.39 is 10.0 Å². The zero-order valence-electron chi connectivity index (χ0n) is 16.1. The molecule has 0 saturated carbocycles. The summed E-state index contributed by atoms with van der Waals surface area (Å²) in [6.45, 7) is 3.62. The monoisotopic (exact) mass is 402 g/mol. The highest BCUT2D eigenvalue weighted by molar-refractivity contribution is 7.89. The van der Waals surface area contributed by atoms with E-state index in [2.05, 4.69) is 9.88 Å². The molecule has 0 bridgehead atoms. The lowest BCUT2D eigenvalue weighted by Crippen LogP contribution is -2.24. The first kappa shape index (κ1) is 19.9. The van der Waals surface area contributed by atoms with Crippen molar-refractivity contribution in [2.75, 3.05) is 14.2 Å². The van der Waals surface area contributed by atoms with E-state index in [-0.39, 0.29) is 11.4 Å². The number of sulfonamides is 1. The van der Waals surface area contributed by atoms with Gasteiger partial charge in [0.05, 0.1) is 24.8 Å². The highest BCUT2D eigenvalue weighted by Crippen LogP contribution is 2.27. The molecule has 3 aromatic rings. The quantitative estimate of drug-likeness (QED) is 0.651.